The molecular formula is C13H19BrN2O. The highest BCUT2D eigenvalue weighted by molar-refractivity contribution is 9.10. The fraction of sp³-hybridized carbons (Fsp3) is 0.538. The lowest BCUT2D eigenvalue weighted by Crippen LogP contribution is -2.42. The Morgan fingerprint density at radius 3 is 2.76 bits per heavy atom. The van der Waals surface area contributed by atoms with Crippen molar-refractivity contribution in [3.05, 3.63) is 28.7 Å². The van der Waals surface area contributed by atoms with Gasteiger partial charge in [0.1, 0.15) is 0 Å². The zero-order valence-electron chi connectivity index (χ0n) is 10.1. The first-order valence-electron chi connectivity index (χ1n) is 6.07. The summed E-state index contributed by atoms with van der Waals surface area (Å²) in [7, 11) is 0. The summed E-state index contributed by atoms with van der Waals surface area (Å²) >= 11 is 3.45. The topological polar surface area (TPSA) is 35.5 Å². The molecule has 2 unspecified atom stereocenters. The molecule has 0 saturated carbocycles. The van der Waals surface area contributed by atoms with Gasteiger partial charge in [0, 0.05) is 28.8 Å². The fourth-order valence-corrected chi connectivity index (χ4v) is 2.51. The Bertz CT molecular complexity index is 355. The monoisotopic (exact) mass is 298 g/mol. The van der Waals surface area contributed by atoms with Crippen molar-refractivity contribution in [2.45, 2.75) is 25.4 Å². The Balaban J connectivity index is 2.18. The van der Waals surface area contributed by atoms with E-state index in [2.05, 4.69) is 57.3 Å². The molecule has 0 amide bonds. The van der Waals surface area contributed by atoms with Crippen LogP contribution in [-0.2, 0) is 0 Å². The van der Waals surface area contributed by atoms with Gasteiger partial charge in [-0.1, -0.05) is 15.9 Å². The molecule has 0 radical (unpaired) electrons. The smallest absolute Gasteiger partial charge is 0.0601 e. The van der Waals surface area contributed by atoms with Crippen molar-refractivity contribution < 1.29 is 5.11 Å². The summed E-state index contributed by atoms with van der Waals surface area (Å²) in [6, 6.07) is 9.05. The third-order valence-electron chi connectivity index (χ3n) is 3.32. The molecular weight excluding hydrogens is 280 g/mol. The van der Waals surface area contributed by atoms with E-state index in [1.54, 1.807) is 0 Å². The van der Waals surface area contributed by atoms with Crippen molar-refractivity contribution in [1.82, 2.24) is 5.32 Å². The highest BCUT2D eigenvalue weighted by atomic mass is 79.9. The molecule has 1 fully saturated rings. The van der Waals surface area contributed by atoms with Gasteiger partial charge in [0.2, 0.25) is 0 Å². The number of anilines is 1. The average molecular weight is 299 g/mol. The van der Waals surface area contributed by atoms with Crippen molar-refractivity contribution in [2.24, 2.45) is 0 Å². The Labute approximate surface area is 111 Å². The summed E-state index contributed by atoms with van der Waals surface area (Å²) < 4.78 is 1.10. The summed E-state index contributed by atoms with van der Waals surface area (Å²) in [5.41, 5.74) is 1.22. The van der Waals surface area contributed by atoms with Gasteiger partial charge < -0.3 is 15.3 Å². The summed E-state index contributed by atoms with van der Waals surface area (Å²) in [4.78, 5) is 2.37. The molecule has 0 aliphatic carbocycles. The van der Waals surface area contributed by atoms with E-state index in [1.807, 2.05) is 0 Å². The van der Waals surface area contributed by atoms with Gasteiger partial charge in [-0.2, -0.15) is 0 Å². The Hall–Kier alpha value is -0.580. The molecule has 3 nitrogen and oxygen atoms in total. The maximum Gasteiger partial charge on any atom is 0.0601 e. The third kappa shape index (κ3) is 3.21. The second kappa shape index (κ2) is 5.85. The summed E-state index contributed by atoms with van der Waals surface area (Å²) in [5.74, 6) is 0. The minimum atomic E-state index is 0.170. The van der Waals surface area contributed by atoms with E-state index < -0.39 is 0 Å². The molecule has 94 valence electrons. The molecule has 0 bridgehead atoms. The van der Waals surface area contributed by atoms with Gasteiger partial charge in [-0.15, -0.1) is 0 Å². The van der Waals surface area contributed by atoms with E-state index in [1.165, 1.54) is 5.69 Å². The average Bonchev–Trinajstić information content (AvgIpc) is 2.52. The zero-order valence-corrected chi connectivity index (χ0v) is 11.7. The van der Waals surface area contributed by atoms with E-state index >= 15 is 0 Å². The highest BCUT2D eigenvalue weighted by Crippen LogP contribution is 2.22. The second-order valence-corrected chi connectivity index (χ2v) is 5.52. The number of benzene rings is 1. The molecule has 1 aromatic carbocycles. The number of nitrogens with one attached hydrogen (secondary N) is 1. The lowest BCUT2D eigenvalue weighted by atomic mass is 10.1. The SMILES string of the molecule is CC1CCNC(CO)CN1c1ccc(Br)cc1. The summed E-state index contributed by atoms with van der Waals surface area (Å²) in [5, 5.41) is 12.7. The molecule has 2 atom stereocenters. The number of rotatable bonds is 2. The minimum absolute atomic E-state index is 0.170. The van der Waals surface area contributed by atoms with Gasteiger partial charge in [-0.3, -0.25) is 0 Å². The number of hydrogen-bond acceptors (Lipinski definition) is 3. The normalized spacial score (nSPS) is 25.7. The van der Waals surface area contributed by atoms with E-state index in [9.17, 15) is 5.11 Å². The first-order valence-corrected chi connectivity index (χ1v) is 6.86. The molecule has 2 rings (SSSR count). The molecule has 1 aliphatic heterocycles. The molecule has 1 saturated heterocycles. The van der Waals surface area contributed by atoms with Crippen LogP contribution in [-0.4, -0.2) is 36.9 Å². The minimum Gasteiger partial charge on any atom is -0.395 e. The standard InChI is InChI=1S/C13H19BrN2O/c1-10-6-7-15-12(9-17)8-16(10)13-4-2-11(14)3-5-13/h2-5,10,12,15,17H,6-9H2,1H3. The van der Waals surface area contributed by atoms with Crippen LogP contribution in [0.5, 0.6) is 0 Å². The fourth-order valence-electron chi connectivity index (χ4n) is 2.25. The molecule has 1 aliphatic rings. The van der Waals surface area contributed by atoms with Crippen molar-refractivity contribution in [2.75, 3.05) is 24.6 Å². The van der Waals surface area contributed by atoms with Gasteiger partial charge in [0.05, 0.1) is 6.61 Å². The predicted molar refractivity (Wildman–Crippen MR) is 74.4 cm³/mol. The van der Waals surface area contributed by atoms with Crippen LogP contribution in [0, 0.1) is 0 Å². The molecule has 17 heavy (non-hydrogen) atoms. The highest BCUT2D eigenvalue weighted by Gasteiger charge is 2.22. The lowest BCUT2D eigenvalue weighted by Gasteiger charge is -2.31. The van der Waals surface area contributed by atoms with Crippen LogP contribution in [0.15, 0.2) is 28.7 Å². The third-order valence-corrected chi connectivity index (χ3v) is 3.85. The predicted octanol–water partition coefficient (Wildman–Crippen LogP) is 2.00. The molecule has 2 N–H and O–H groups in total. The first kappa shape index (κ1) is 12.9. The van der Waals surface area contributed by atoms with Gasteiger partial charge in [0.25, 0.3) is 0 Å². The molecule has 1 aromatic rings. The molecule has 1 heterocycles. The van der Waals surface area contributed by atoms with E-state index in [4.69, 9.17) is 0 Å². The quantitative estimate of drug-likeness (QED) is 0.877. The Morgan fingerprint density at radius 2 is 2.12 bits per heavy atom. The largest absolute Gasteiger partial charge is 0.395 e. The van der Waals surface area contributed by atoms with Crippen LogP contribution >= 0.6 is 15.9 Å². The second-order valence-electron chi connectivity index (χ2n) is 4.60. The maximum atomic E-state index is 9.31. The number of halogens is 1. The molecule has 0 aromatic heterocycles. The van der Waals surface area contributed by atoms with Crippen LogP contribution < -0.4 is 10.2 Å². The van der Waals surface area contributed by atoms with Crippen molar-refractivity contribution >= 4 is 21.6 Å². The van der Waals surface area contributed by atoms with Crippen molar-refractivity contribution in [1.29, 1.82) is 0 Å². The number of aliphatic hydroxyl groups is 1. The number of hydrogen-bond donors (Lipinski definition) is 2. The van der Waals surface area contributed by atoms with E-state index in [0.717, 1.165) is 24.0 Å². The summed E-state index contributed by atoms with van der Waals surface area (Å²) in [6.45, 7) is 4.27. The number of nitrogens with zero attached hydrogens (tertiary/aromatic N) is 1. The molecule has 0 spiro atoms. The van der Waals surface area contributed by atoms with E-state index in [0.29, 0.717) is 6.04 Å². The van der Waals surface area contributed by atoms with Crippen LogP contribution in [0.1, 0.15) is 13.3 Å². The Kier molecular flexibility index (Phi) is 4.42. The zero-order chi connectivity index (χ0) is 12.3. The van der Waals surface area contributed by atoms with Crippen LogP contribution in [0.4, 0.5) is 5.69 Å². The maximum absolute atomic E-state index is 9.31. The van der Waals surface area contributed by atoms with Gasteiger partial charge in [-0.25, -0.2) is 0 Å². The van der Waals surface area contributed by atoms with Gasteiger partial charge >= 0.3 is 0 Å². The summed E-state index contributed by atoms with van der Waals surface area (Å²) in [6.07, 6.45) is 1.10. The van der Waals surface area contributed by atoms with Crippen LogP contribution in [0.3, 0.4) is 0 Å². The Morgan fingerprint density at radius 1 is 1.41 bits per heavy atom. The number of aliphatic hydroxyl groups excluding tert-OH is 1. The van der Waals surface area contributed by atoms with Gasteiger partial charge in [-0.05, 0) is 44.2 Å². The van der Waals surface area contributed by atoms with Crippen molar-refractivity contribution in [3.8, 4) is 0 Å². The van der Waals surface area contributed by atoms with E-state index in [-0.39, 0.29) is 12.6 Å². The van der Waals surface area contributed by atoms with Crippen molar-refractivity contribution in [3.63, 3.8) is 0 Å². The lowest BCUT2D eigenvalue weighted by molar-refractivity contribution is 0.248. The van der Waals surface area contributed by atoms with Crippen LogP contribution in [0.25, 0.3) is 0 Å². The molecule has 4 heteroatoms. The van der Waals surface area contributed by atoms with Gasteiger partial charge in [0.15, 0.2) is 0 Å². The van der Waals surface area contributed by atoms with Crippen LogP contribution in [0.2, 0.25) is 0 Å². The first-order chi connectivity index (χ1) is 8.20.